The Morgan fingerprint density at radius 1 is 1.24 bits per heavy atom. The molecule has 9 heteroatoms. The van der Waals surface area contributed by atoms with E-state index >= 15 is 0 Å². The topological polar surface area (TPSA) is 98.0 Å². The summed E-state index contributed by atoms with van der Waals surface area (Å²) in [6, 6.07) is 5.77. The van der Waals surface area contributed by atoms with Gasteiger partial charge in [-0.2, -0.15) is 15.0 Å². The fraction of sp³-hybridized carbons (Fsp3) is 0.250. The van der Waals surface area contributed by atoms with Gasteiger partial charge in [0.25, 0.3) is 0 Å². The molecule has 2 rings (SSSR count). The van der Waals surface area contributed by atoms with Gasteiger partial charge in [0.2, 0.25) is 11.9 Å². The lowest BCUT2D eigenvalue weighted by atomic mass is 10.3. The molecule has 0 aliphatic carbocycles. The van der Waals surface area contributed by atoms with E-state index < -0.39 is 0 Å². The number of rotatable bonds is 5. The summed E-state index contributed by atoms with van der Waals surface area (Å²) in [6.45, 7) is 3.75. The van der Waals surface area contributed by atoms with E-state index in [1.165, 1.54) is 0 Å². The number of nitrogens with two attached hydrogens (primary N) is 1. The molecule has 0 bridgehead atoms. The zero-order valence-corrected chi connectivity index (χ0v) is 14.3. The maximum Gasteiger partial charge on any atom is 0.323 e. The van der Waals surface area contributed by atoms with Crippen LogP contribution in [0.5, 0.6) is 6.01 Å². The molecule has 0 spiro atoms. The first-order chi connectivity index (χ1) is 9.97. The van der Waals surface area contributed by atoms with Crippen molar-refractivity contribution < 1.29 is 4.74 Å². The summed E-state index contributed by atoms with van der Waals surface area (Å²) in [6.07, 6.45) is -0.0623. The van der Waals surface area contributed by atoms with Crippen molar-refractivity contribution in [3.8, 4) is 6.01 Å². The summed E-state index contributed by atoms with van der Waals surface area (Å²) in [5.41, 5.74) is 3.06. The molecular weight excluding hydrogens is 407 g/mol. The van der Waals surface area contributed by atoms with Gasteiger partial charge in [-0.25, -0.2) is 5.84 Å². The third-order valence-corrected chi connectivity index (χ3v) is 3.25. The Hall–Kier alpha value is -1.39. The fourth-order valence-electron chi connectivity index (χ4n) is 1.45. The van der Waals surface area contributed by atoms with Crippen molar-refractivity contribution in [2.45, 2.75) is 20.0 Å². The molecule has 4 N–H and O–H groups in total. The number of hydrogen-bond acceptors (Lipinski definition) is 7. The lowest BCUT2D eigenvalue weighted by Gasteiger charge is -2.11. The van der Waals surface area contributed by atoms with Crippen molar-refractivity contribution in [1.29, 1.82) is 0 Å². The van der Waals surface area contributed by atoms with Gasteiger partial charge < -0.3 is 10.1 Å². The highest BCUT2D eigenvalue weighted by Gasteiger charge is 2.10. The summed E-state index contributed by atoms with van der Waals surface area (Å²) < 4.78 is 6.49. The largest absolute Gasteiger partial charge is 0.461 e. The van der Waals surface area contributed by atoms with Crippen molar-refractivity contribution in [1.82, 2.24) is 15.0 Å². The first-order valence-corrected chi connectivity index (χ1v) is 7.55. The van der Waals surface area contributed by atoms with Gasteiger partial charge in [0, 0.05) is 3.57 Å². The van der Waals surface area contributed by atoms with Crippen molar-refractivity contribution >= 4 is 51.8 Å². The van der Waals surface area contributed by atoms with Gasteiger partial charge in [-0.3, -0.25) is 5.43 Å². The standard InChI is InChI=1S/C12H14ClIN6O/c1-6(2)21-12-18-10(17-11(19-12)20-15)16-9-4-3-7(14)5-8(9)13/h3-6H,15H2,1-2H3,(H2,16,17,18,19,20). The van der Waals surface area contributed by atoms with Crippen molar-refractivity contribution in [2.24, 2.45) is 5.84 Å². The predicted octanol–water partition coefficient (Wildman–Crippen LogP) is 2.95. The van der Waals surface area contributed by atoms with Crippen molar-refractivity contribution in [3.63, 3.8) is 0 Å². The van der Waals surface area contributed by atoms with E-state index in [9.17, 15) is 0 Å². The van der Waals surface area contributed by atoms with E-state index in [1.807, 2.05) is 32.0 Å². The highest BCUT2D eigenvalue weighted by molar-refractivity contribution is 14.1. The van der Waals surface area contributed by atoms with Gasteiger partial charge in [0.05, 0.1) is 16.8 Å². The molecule has 0 aliphatic rings. The van der Waals surface area contributed by atoms with Crippen LogP contribution in [0.15, 0.2) is 18.2 Å². The van der Waals surface area contributed by atoms with Crippen LogP contribution in [0.4, 0.5) is 17.6 Å². The molecule has 21 heavy (non-hydrogen) atoms. The number of aromatic nitrogens is 3. The highest BCUT2D eigenvalue weighted by atomic mass is 127. The minimum absolute atomic E-state index is 0.0623. The molecule has 0 atom stereocenters. The summed E-state index contributed by atoms with van der Waals surface area (Å²) in [5.74, 6) is 5.84. The number of halogens is 2. The molecule has 0 radical (unpaired) electrons. The second kappa shape index (κ2) is 7.05. The summed E-state index contributed by atoms with van der Waals surface area (Å²) in [7, 11) is 0. The second-order valence-electron chi connectivity index (χ2n) is 4.33. The predicted molar refractivity (Wildman–Crippen MR) is 90.9 cm³/mol. The van der Waals surface area contributed by atoms with Gasteiger partial charge in [-0.1, -0.05) is 11.6 Å². The average Bonchev–Trinajstić information content (AvgIpc) is 2.41. The Morgan fingerprint density at radius 2 is 1.95 bits per heavy atom. The highest BCUT2D eigenvalue weighted by Crippen LogP contribution is 2.26. The van der Waals surface area contributed by atoms with E-state index in [-0.39, 0.29) is 24.0 Å². The maximum atomic E-state index is 6.17. The lowest BCUT2D eigenvalue weighted by molar-refractivity contribution is 0.222. The number of nitrogens with zero attached hydrogens (tertiary/aromatic N) is 3. The Bertz CT molecular complexity index is 639. The molecule has 0 amide bonds. The van der Waals surface area contributed by atoms with Gasteiger partial charge in [0.15, 0.2) is 0 Å². The molecule has 112 valence electrons. The Balaban J connectivity index is 2.29. The minimum Gasteiger partial charge on any atom is -0.461 e. The maximum absolute atomic E-state index is 6.17. The molecule has 2 aromatic rings. The molecule has 0 fully saturated rings. The Morgan fingerprint density at radius 3 is 2.57 bits per heavy atom. The molecule has 1 heterocycles. The number of anilines is 3. The molecule has 1 aromatic carbocycles. The number of nitrogens with one attached hydrogen (secondary N) is 2. The Kier molecular flexibility index (Phi) is 5.37. The molecular formula is C12H14ClIN6O. The summed E-state index contributed by atoms with van der Waals surface area (Å²) in [4.78, 5) is 12.3. The van der Waals surface area contributed by atoms with E-state index in [2.05, 4.69) is 48.3 Å². The van der Waals surface area contributed by atoms with Crippen molar-refractivity contribution in [2.75, 3.05) is 10.7 Å². The van der Waals surface area contributed by atoms with E-state index in [4.69, 9.17) is 22.2 Å². The van der Waals surface area contributed by atoms with Crippen LogP contribution in [0.25, 0.3) is 0 Å². The van der Waals surface area contributed by atoms with Crippen LogP contribution >= 0.6 is 34.2 Å². The first-order valence-electron chi connectivity index (χ1n) is 6.09. The lowest BCUT2D eigenvalue weighted by Crippen LogP contribution is -2.15. The first kappa shape index (κ1) is 16.0. The summed E-state index contributed by atoms with van der Waals surface area (Å²) >= 11 is 8.35. The minimum atomic E-state index is -0.0623. The molecule has 0 saturated carbocycles. The molecule has 1 aromatic heterocycles. The van der Waals surface area contributed by atoms with Gasteiger partial charge in [-0.15, -0.1) is 0 Å². The smallest absolute Gasteiger partial charge is 0.323 e. The van der Waals surface area contributed by atoms with E-state index in [1.54, 1.807) is 0 Å². The fourth-order valence-corrected chi connectivity index (χ4v) is 2.35. The Labute approximate surface area is 140 Å². The van der Waals surface area contributed by atoms with Crippen LogP contribution in [0.1, 0.15) is 13.8 Å². The normalized spacial score (nSPS) is 10.6. The molecule has 0 aliphatic heterocycles. The van der Waals surface area contributed by atoms with Crippen LogP contribution in [0, 0.1) is 3.57 Å². The molecule has 0 saturated heterocycles. The second-order valence-corrected chi connectivity index (χ2v) is 5.98. The monoisotopic (exact) mass is 420 g/mol. The zero-order valence-electron chi connectivity index (χ0n) is 11.4. The van der Waals surface area contributed by atoms with Crippen LogP contribution in [-0.2, 0) is 0 Å². The van der Waals surface area contributed by atoms with Gasteiger partial charge >= 0.3 is 6.01 Å². The summed E-state index contributed by atoms with van der Waals surface area (Å²) in [5, 5.41) is 3.58. The SMILES string of the molecule is CC(C)Oc1nc(NN)nc(Nc2ccc(I)cc2Cl)n1. The molecule has 7 nitrogen and oxygen atoms in total. The van der Waals surface area contributed by atoms with Crippen LogP contribution in [-0.4, -0.2) is 21.1 Å². The van der Waals surface area contributed by atoms with Gasteiger partial charge in [-0.05, 0) is 54.6 Å². The van der Waals surface area contributed by atoms with Crippen LogP contribution in [0.2, 0.25) is 5.02 Å². The number of nitrogen functional groups attached to an aromatic ring is 1. The quantitative estimate of drug-likeness (QED) is 0.389. The number of hydrazine groups is 1. The third-order valence-electron chi connectivity index (χ3n) is 2.26. The van der Waals surface area contributed by atoms with E-state index in [0.29, 0.717) is 10.7 Å². The average molecular weight is 421 g/mol. The van der Waals surface area contributed by atoms with Crippen molar-refractivity contribution in [3.05, 3.63) is 26.8 Å². The number of benzene rings is 1. The van der Waals surface area contributed by atoms with Crippen LogP contribution < -0.4 is 21.3 Å². The van der Waals surface area contributed by atoms with Crippen LogP contribution in [0.3, 0.4) is 0 Å². The van der Waals surface area contributed by atoms with E-state index in [0.717, 1.165) is 3.57 Å². The zero-order chi connectivity index (χ0) is 15.4. The molecule has 0 unspecified atom stereocenters. The number of hydrogen-bond donors (Lipinski definition) is 3. The van der Waals surface area contributed by atoms with Gasteiger partial charge in [0.1, 0.15) is 0 Å². The third kappa shape index (κ3) is 4.55. The number of ether oxygens (including phenoxy) is 1.